The highest BCUT2D eigenvalue weighted by molar-refractivity contribution is 7.00. The van der Waals surface area contributed by atoms with Gasteiger partial charge in [0.25, 0.3) is 6.71 Å². The van der Waals surface area contributed by atoms with Gasteiger partial charge >= 0.3 is 0 Å². The minimum Gasteiger partial charge on any atom is -0.311 e. The minimum atomic E-state index is -0.390. The predicted molar refractivity (Wildman–Crippen MR) is 361 cm³/mol. The van der Waals surface area contributed by atoms with E-state index in [1.807, 2.05) is 0 Å². The van der Waals surface area contributed by atoms with Gasteiger partial charge < -0.3 is 14.7 Å². The van der Waals surface area contributed by atoms with Crippen LogP contribution in [0.3, 0.4) is 0 Å². The molecule has 420 valence electrons. The van der Waals surface area contributed by atoms with Crippen molar-refractivity contribution in [2.45, 2.75) is 164 Å². The highest BCUT2D eigenvalue weighted by Crippen LogP contribution is 2.60. The molecule has 0 spiro atoms. The van der Waals surface area contributed by atoms with Crippen LogP contribution in [0.1, 0.15) is 168 Å². The second kappa shape index (κ2) is 19.2. The first-order chi connectivity index (χ1) is 38.9. The van der Waals surface area contributed by atoms with E-state index in [1.54, 1.807) is 0 Å². The summed E-state index contributed by atoms with van der Waals surface area (Å²) in [5.41, 5.74) is 30.7. The van der Waals surface area contributed by atoms with Crippen molar-refractivity contribution in [3.63, 3.8) is 0 Å². The zero-order valence-electron chi connectivity index (χ0n) is 53.2. The Morgan fingerprint density at radius 2 is 0.807 bits per heavy atom. The maximum atomic E-state index is 2.71. The molecule has 0 saturated carbocycles. The zero-order chi connectivity index (χ0) is 59.2. The van der Waals surface area contributed by atoms with Gasteiger partial charge in [-0.05, 0) is 185 Å². The SMILES string of the molecule is Cc1cc(C)cc(-c2cc3c4c(c2)N(c2ccc(C(C)(C)C)cc2)c2c(cc5c(c2N(c2ccc(C(C)(C)C)cc2)c2ccc(C(C)(C)C)cc2)C(C)(C)c2ccccc2-5)B4c2cc(C(C)(C)C)ccc2N3c2ccc(C(C)(C)C)cc2)c1. The normalized spacial score (nSPS) is 14.5. The molecule has 83 heavy (non-hydrogen) atoms. The molecule has 0 aromatic heterocycles. The molecule has 9 aromatic carbocycles. The maximum Gasteiger partial charge on any atom is 0.252 e. The van der Waals surface area contributed by atoms with Crippen molar-refractivity contribution in [3.05, 3.63) is 226 Å². The van der Waals surface area contributed by atoms with Gasteiger partial charge in [-0.3, -0.25) is 0 Å². The average molecular weight is 1090 g/mol. The summed E-state index contributed by atoms with van der Waals surface area (Å²) in [6.45, 7) is 44.2. The third-order valence-electron chi connectivity index (χ3n) is 18.5. The summed E-state index contributed by atoms with van der Waals surface area (Å²) < 4.78 is 0. The highest BCUT2D eigenvalue weighted by atomic mass is 15.2. The second-order valence-electron chi connectivity index (χ2n) is 30.2. The largest absolute Gasteiger partial charge is 0.311 e. The van der Waals surface area contributed by atoms with Crippen molar-refractivity contribution in [1.82, 2.24) is 0 Å². The summed E-state index contributed by atoms with van der Waals surface area (Å²) in [5, 5.41) is 0. The van der Waals surface area contributed by atoms with E-state index in [0.29, 0.717) is 0 Å². The predicted octanol–water partition coefficient (Wildman–Crippen LogP) is 20.3. The van der Waals surface area contributed by atoms with Crippen molar-refractivity contribution >= 4 is 74.3 Å². The molecule has 3 nitrogen and oxygen atoms in total. The quantitative estimate of drug-likeness (QED) is 0.154. The van der Waals surface area contributed by atoms with Crippen LogP contribution in [0.4, 0.5) is 51.2 Å². The molecule has 0 saturated heterocycles. The van der Waals surface area contributed by atoms with Crippen LogP contribution in [0.15, 0.2) is 176 Å². The fourth-order valence-electron chi connectivity index (χ4n) is 13.8. The Morgan fingerprint density at radius 3 is 1.29 bits per heavy atom. The molecule has 0 N–H and O–H groups in total. The Kier molecular flexibility index (Phi) is 13.0. The summed E-state index contributed by atoms with van der Waals surface area (Å²) >= 11 is 0. The van der Waals surface area contributed by atoms with Crippen molar-refractivity contribution in [2.24, 2.45) is 0 Å². The monoisotopic (exact) mass is 1090 g/mol. The number of hydrogen-bond acceptors (Lipinski definition) is 3. The van der Waals surface area contributed by atoms with Crippen molar-refractivity contribution in [1.29, 1.82) is 0 Å². The van der Waals surface area contributed by atoms with Crippen molar-refractivity contribution < 1.29 is 0 Å². The number of fused-ring (bicyclic) bond motifs is 7. The lowest BCUT2D eigenvalue weighted by Crippen LogP contribution is -2.62. The lowest BCUT2D eigenvalue weighted by molar-refractivity contribution is 0.590. The van der Waals surface area contributed by atoms with Gasteiger partial charge in [-0.2, -0.15) is 0 Å². The molecule has 0 fully saturated rings. The maximum absolute atomic E-state index is 2.71. The van der Waals surface area contributed by atoms with Gasteiger partial charge in [0, 0.05) is 45.2 Å². The fourth-order valence-corrected chi connectivity index (χ4v) is 13.8. The molecule has 4 heteroatoms. The molecule has 0 bridgehead atoms. The van der Waals surface area contributed by atoms with Crippen LogP contribution in [-0.4, -0.2) is 6.71 Å². The molecular weight excluding hydrogens is 1000 g/mol. The van der Waals surface area contributed by atoms with Crippen LogP contribution in [0.25, 0.3) is 22.3 Å². The van der Waals surface area contributed by atoms with E-state index in [-0.39, 0.29) is 39.2 Å². The van der Waals surface area contributed by atoms with Gasteiger partial charge in [-0.15, -0.1) is 0 Å². The first-order valence-electron chi connectivity index (χ1n) is 30.4. The Morgan fingerprint density at radius 1 is 0.386 bits per heavy atom. The Labute approximate surface area is 498 Å². The van der Waals surface area contributed by atoms with Crippen LogP contribution >= 0.6 is 0 Å². The third kappa shape index (κ3) is 9.53. The van der Waals surface area contributed by atoms with Gasteiger partial charge in [0.05, 0.1) is 11.4 Å². The van der Waals surface area contributed by atoms with Crippen LogP contribution < -0.4 is 31.1 Å². The second-order valence-corrected chi connectivity index (χ2v) is 30.2. The van der Waals surface area contributed by atoms with Gasteiger partial charge in [0.2, 0.25) is 0 Å². The van der Waals surface area contributed by atoms with Crippen LogP contribution in [0.2, 0.25) is 0 Å². The topological polar surface area (TPSA) is 9.72 Å². The molecule has 0 amide bonds. The molecule has 0 atom stereocenters. The lowest BCUT2D eigenvalue weighted by atomic mass is 9.33. The van der Waals surface area contributed by atoms with Gasteiger partial charge in [-0.1, -0.05) is 238 Å². The van der Waals surface area contributed by atoms with Crippen LogP contribution in [0.5, 0.6) is 0 Å². The standard InChI is InChI=1S/C79H86BN3/c1-49-42-50(2)44-51(43-49)52-45-68-71-69(46-52)83(61-39-30-56(31-40-61)77(12,13)14)72-66(80(71)65-47-57(78(15,16)17)32-41-67(65)82(68)60-37-28-55(29-38-60)76(9,10)11)48-63-62-22-20-21-23-64(62)79(18,19)70(63)73(72)81(58-33-24-53(25-34-58)74(3,4)5)59-35-26-54(27-36-59)75(6,7)8/h20-48H,1-19H3. The molecule has 1 aliphatic carbocycles. The molecule has 9 aromatic rings. The lowest BCUT2D eigenvalue weighted by Gasteiger charge is -2.47. The van der Waals surface area contributed by atoms with E-state index in [0.717, 1.165) is 22.7 Å². The first-order valence-corrected chi connectivity index (χ1v) is 30.4. The minimum absolute atomic E-state index is 0.00218. The fraction of sp³-hybridized carbons (Fsp3) is 0.316. The van der Waals surface area contributed by atoms with Crippen molar-refractivity contribution in [2.75, 3.05) is 14.7 Å². The number of rotatable bonds is 6. The Hall–Kier alpha value is -7.56. The van der Waals surface area contributed by atoms with Gasteiger partial charge in [0.15, 0.2) is 0 Å². The summed E-state index contributed by atoms with van der Waals surface area (Å²) in [7, 11) is 0. The molecule has 0 radical (unpaired) electrons. The molecule has 2 aliphatic heterocycles. The third-order valence-corrected chi connectivity index (χ3v) is 18.5. The van der Waals surface area contributed by atoms with E-state index in [4.69, 9.17) is 0 Å². The van der Waals surface area contributed by atoms with Gasteiger partial charge in [0.1, 0.15) is 0 Å². The molecule has 3 aliphatic rings. The van der Waals surface area contributed by atoms with Crippen molar-refractivity contribution in [3.8, 4) is 22.3 Å². The number of benzene rings is 9. The molecule has 0 unspecified atom stereocenters. The summed E-state index contributed by atoms with van der Waals surface area (Å²) in [6, 6.07) is 69.6. The van der Waals surface area contributed by atoms with E-state index in [9.17, 15) is 0 Å². The van der Waals surface area contributed by atoms with Gasteiger partial charge in [-0.25, -0.2) is 0 Å². The smallest absolute Gasteiger partial charge is 0.252 e. The highest BCUT2D eigenvalue weighted by Gasteiger charge is 2.50. The summed E-state index contributed by atoms with van der Waals surface area (Å²) in [6.07, 6.45) is 0. The molecular formula is C79H86BN3. The number of aryl methyl sites for hydroxylation is 2. The Bertz CT molecular complexity index is 3930. The molecule has 12 rings (SSSR count). The van der Waals surface area contributed by atoms with E-state index in [2.05, 4.69) is 322 Å². The number of anilines is 9. The first kappa shape index (κ1) is 56.0. The number of nitrogens with zero attached hydrogens (tertiary/aromatic N) is 3. The van der Waals surface area contributed by atoms with E-state index < -0.39 is 0 Å². The van der Waals surface area contributed by atoms with Crippen LogP contribution in [0, 0.1) is 13.8 Å². The Balaban J connectivity index is 1.30. The van der Waals surface area contributed by atoms with Crippen LogP contribution in [-0.2, 0) is 32.5 Å². The molecule has 2 heterocycles. The zero-order valence-corrected chi connectivity index (χ0v) is 53.2. The summed E-state index contributed by atoms with van der Waals surface area (Å²) in [5.74, 6) is 0. The number of hydrogen-bond donors (Lipinski definition) is 0. The van der Waals surface area contributed by atoms with E-state index >= 15 is 0 Å². The summed E-state index contributed by atoms with van der Waals surface area (Å²) in [4.78, 5) is 7.96. The van der Waals surface area contributed by atoms with E-state index in [1.165, 1.54) is 117 Å². The average Bonchev–Trinajstić information content (AvgIpc) is 2.90.